The molecule has 0 heterocycles. The van der Waals surface area contributed by atoms with Gasteiger partial charge in [-0.25, -0.2) is 0 Å². The normalized spacial score (nSPS) is 27.0. The minimum absolute atomic E-state index is 0.177. The lowest BCUT2D eigenvalue weighted by Gasteiger charge is -2.54. The average molecular weight is 668 g/mol. The summed E-state index contributed by atoms with van der Waals surface area (Å²) in [6, 6.07) is 61.7. The van der Waals surface area contributed by atoms with Gasteiger partial charge in [0.1, 0.15) is 0 Å². The van der Waals surface area contributed by atoms with Crippen molar-refractivity contribution in [1.82, 2.24) is 0 Å². The fraction of sp³-hybridized carbons (Fsp3) is 0.216. The zero-order chi connectivity index (χ0) is 34.0. The maximum absolute atomic E-state index is 2.58. The quantitative estimate of drug-likeness (QED) is 0.177. The summed E-state index contributed by atoms with van der Waals surface area (Å²) >= 11 is 0. The zero-order valence-corrected chi connectivity index (χ0v) is 29.4. The van der Waals surface area contributed by atoms with Crippen LogP contribution in [-0.2, 0) is 5.41 Å². The topological polar surface area (TPSA) is 3.24 Å². The van der Waals surface area contributed by atoms with E-state index < -0.39 is 0 Å². The van der Waals surface area contributed by atoms with Gasteiger partial charge >= 0.3 is 0 Å². The van der Waals surface area contributed by atoms with Gasteiger partial charge < -0.3 is 4.90 Å². The maximum atomic E-state index is 2.58. The zero-order valence-electron chi connectivity index (χ0n) is 29.4. The minimum atomic E-state index is 0.177. The summed E-state index contributed by atoms with van der Waals surface area (Å²) in [5.41, 5.74) is 15.5. The second-order valence-corrected chi connectivity index (χ2v) is 16.6. The number of anilines is 3. The van der Waals surface area contributed by atoms with E-state index in [1.807, 2.05) is 0 Å². The van der Waals surface area contributed by atoms with Crippen LogP contribution in [0.2, 0.25) is 0 Å². The van der Waals surface area contributed by atoms with Gasteiger partial charge in [0, 0.05) is 22.4 Å². The van der Waals surface area contributed by atoms with E-state index in [0.717, 1.165) is 23.7 Å². The van der Waals surface area contributed by atoms with Crippen molar-refractivity contribution in [3.05, 3.63) is 175 Å². The van der Waals surface area contributed by atoms with Crippen molar-refractivity contribution < 1.29 is 0 Å². The summed E-state index contributed by atoms with van der Waals surface area (Å²) in [5, 5.41) is 2.52. The van der Waals surface area contributed by atoms with Crippen molar-refractivity contribution in [1.29, 1.82) is 0 Å². The van der Waals surface area contributed by atoms with Crippen LogP contribution in [0.25, 0.3) is 44.2 Å². The Bertz CT molecular complexity index is 2550. The third-order valence-electron chi connectivity index (χ3n) is 14.5. The Morgan fingerprint density at radius 3 is 2.00 bits per heavy atom. The second-order valence-electron chi connectivity index (χ2n) is 16.6. The highest BCUT2D eigenvalue weighted by Gasteiger charge is 2.76. The molecular weight excluding hydrogens is 627 g/mol. The molecule has 4 saturated carbocycles. The first kappa shape index (κ1) is 29.2. The lowest BCUT2D eigenvalue weighted by atomic mass is 9.49. The molecule has 1 nitrogen and oxygen atoms in total. The van der Waals surface area contributed by atoms with E-state index in [4.69, 9.17) is 0 Å². The standard InChI is InChI=1S/C51H41N/c1-3-11-34(12-4-1)38-20-24-48(44(28-38)36-14-5-2-6-15-36)52(41-21-19-35-13-7-8-16-37(35)27-41)42-22-23-47-45(30-42)43-17-9-10-18-46(43)51(47)40-26-33-25-39-29-49(51)50(39,31-33)32-40/h1-24,27-28,30,33,39-40,49H,25-26,29,31-32H2. The van der Waals surface area contributed by atoms with Crippen LogP contribution in [0.3, 0.4) is 0 Å². The lowest BCUT2D eigenvalue weighted by Crippen LogP contribution is -2.50. The summed E-state index contributed by atoms with van der Waals surface area (Å²) in [6.45, 7) is 0. The van der Waals surface area contributed by atoms with Gasteiger partial charge in [0.2, 0.25) is 0 Å². The van der Waals surface area contributed by atoms with Gasteiger partial charge in [-0.2, -0.15) is 0 Å². The molecule has 1 heteroatoms. The van der Waals surface area contributed by atoms with Crippen molar-refractivity contribution in [2.45, 2.75) is 37.5 Å². The number of benzene rings is 7. The third kappa shape index (κ3) is 3.79. The number of hydrogen-bond donors (Lipinski definition) is 0. The molecule has 5 aliphatic carbocycles. The summed E-state index contributed by atoms with van der Waals surface area (Å²) < 4.78 is 0. The fourth-order valence-electron chi connectivity index (χ4n) is 12.8. The fourth-order valence-corrected chi connectivity index (χ4v) is 12.8. The van der Waals surface area contributed by atoms with E-state index in [1.54, 1.807) is 11.1 Å². The van der Waals surface area contributed by atoms with Crippen LogP contribution in [0.5, 0.6) is 0 Å². The highest BCUT2D eigenvalue weighted by molar-refractivity contribution is 5.95. The first-order valence-electron chi connectivity index (χ1n) is 19.5. The van der Waals surface area contributed by atoms with E-state index in [2.05, 4.69) is 169 Å². The van der Waals surface area contributed by atoms with Crippen LogP contribution in [0, 0.1) is 29.1 Å². The van der Waals surface area contributed by atoms with E-state index >= 15 is 0 Å². The van der Waals surface area contributed by atoms with Gasteiger partial charge in [0.05, 0.1) is 5.69 Å². The van der Waals surface area contributed by atoms with Gasteiger partial charge in [-0.15, -0.1) is 0 Å². The highest BCUT2D eigenvalue weighted by atomic mass is 15.1. The molecule has 0 aromatic heterocycles. The van der Waals surface area contributed by atoms with E-state index in [1.165, 1.54) is 93.3 Å². The van der Waals surface area contributed by atoms with Gasteiger partial charge in [0.25, 0.3) is 0 Å². The van der Waals surface area contributed by atoms with Crippen molar-refractivity contribution >= 4 is 27.8 Å². The molecule has 6 unspecified atom stereocenters. The minimum Gasteiger partial charge on any atom is -0.310 e. The van der Waals surface area contributed by atoms with Gasteiger partial charge in [0.15, 0.2) is 0 Å². The molecule has 0 radical (unpaired) electrons. The molecule has 5 aliphatic rings. The first-order valence-corrected chi connectivity index (χ1v) is 19.5. The predicted octanol–water partition coefficient (Wildman–Crippen LogP) is 13.4. The van der Waals surface area contributed by atoms with Crippen molar-refractivity contribution in [2.75, 3.05) is 4.90 Å². The Kier molecular flexibility index (Phi) is 5.94. The Morgan fingerprint density at radius 1 is 0.442 bits per heavy atom. The Hall–Kier alpha value is -5.40. The number of hydrogen-bond acceptors (Lipinski definition) is 1. The Labute approximate surface area is 306 Å². The van der Waals surface area contributed by atoms with Gasteiger partial charge in [-0.3, -0.25) is 0 Å². The summed E-state index contributed by atoms with van der Waals surface area (Å²) in [7, 11) is 0. The molecular formula is C51H41N. The van der Waals surface area contributed by atoms with Crippen LogP contribution in [-0.4, -0.2) is 0 Å². The van der Waals surface area contributed by atoms with Crippen LogP contribution < -0.4 is 4.90 Å². The average Bonchev–Trinajstić information content (AvgIpc) is 3.66. The van der Waals surface area contributed by atoms with E-state index in [0.29, 0.717) is 5.41 Å². The molecule has 7 aromatic carbocycles. The smallest absolute Gasteiger partial charge is 0.0540 e. The number of nitrogens with zero attached hydrogens (tertiary/aromatic N) is 1. The summed E-state index contributed by atoms with van der Waals surface area (Å²) in [6.07, 6.45) is 7.30. The predicted molar refractivity (Wildman–Crippen MR) is 215 cm³/mol. The third-order valence-corrected chi connectivity index (χ3v) is 14.5. The lowest BCUT2D eigenvalue weighted by molar-refractivity contribution is -0.0193. The summed E-state index contributed by atoms with van der Waals surface area (Å²) in [5.74, 6) is 3.48. The van der Waals surface area contributed by atoms with E-state index in [9.17, 15) is 0 Å². The molecule has 250 valence electrons. The molecule has 7 aromatic rings. The maximum Gasteiger partial charge on any atom is 0.0540 e. The molecule has 0 aliphatic heterocycles. The van der Waals surface area contributed by atoms with E-state index in [-0.39, 0.29) is 5.41 Å². The second kappa shape index (κ2) is 10.6. The number of fused-ring (bicyclic) bond motifs is 10. The van der Waals surface area contributed by atoms with Gasteiger partial charge in [-0.1, -0.05) is 127 Å². The van der Waals surface area contributed by atoms with Crippen molar-refractivity contribution in [2.24, 2.45) is 29.1 Å². The molecule has 0 amide bonds. The van der Waals surface area contributed by atoms with Crippen LogP contribution in [0.4, 0.5) is 17.1 Å². The largest absolute Gasteiger partial charge is 0.310 e. The molecule has 2 spiro atoms. The van der Waals surface area contributed by atoms with Crippen LogP contribution in [0.15, 0.2) is 164 Å². The Balaban J connectivity index is 1.09. The molecule has 0 saturated heterocycles. The first-order chi connectivity index (χ1) is 25.7. The monoisotopic (exact) mass is 667 g/mol. The van der Waals surface area contributed by atoms with Crippen molar-refractivity contribution in [3.63, 3.8) is 0 Å². The summed E-state index contributed by atoms with van der Waals surface area (Å²) in [4.78, 5) is 2.53. The van der Waals surface area contributed by atoms with Crippen LogP contribution >= 0.6 is 0 Å². The number of rotatable bonds is 5. The molecule has 12 rings (SSSR count). The molecule has 4 fully saturated rings. The van der Waals surface area contributed by atoms with Gasteiger partial charge in [-0.05, 0) is 147 Å². The Morgan fingerprint density at radius 2 is 1.13 bits per heavy atom. The highest BCUT2D eigenvalue weighted by Crippen LogP contribution is 2.83. The molecule has 6 atom stereocenters. The molecule has 52 heavy (non-hydrogen) atoms. The SMILES string of the molecule is c1ccc(-c2ccc(N(c3ccc4c(c3)-c3ccccc3C43C4CC5CC6CC3C6(C5)C4)c3ccc4ccccc4c3)c(-c3ccccc3)c2)cc1. The van der Waals surface area contributed by atoms with Crippen LogP contribution in [0.1, 0.15) is 43.2 Å². The molecule has 0 N–H and O–H groups in total. The van der Waals surface area contributed by atoms with Crippen molar-refractivity contribution in [3.8, 4) is 33.4 Å². The molecule has 3 bridgehead atoms.